The molecule has 1 aromatic heterocycles. The van der Waals surface area contributed by atoms with Crippen LogP contribution in [0.2, 0.25) is 0 Å². The van der Waals surface area contributed by atoms with Crippen molar-refractivity contribution in [3.05, 3.63) is 52.7 Å². The summed E-state index contributed by atoms with van der Waals surface area (Å²) in [6.45, 7) is 9.77. The van der Waals surface area contributed by atoms with Gasteiger partial charge in [-0.3, -0.25) is 0 Å². The summed E-state index contributed by atoms with van der Waals surface area (Å²) in [6, 6.07) is 12.9. The quantitative estimate of drug-likeness (QED) is 0.854. The molecule has 118 valence electrons. The first-order valence-electron chi connectivity index (χ1n) is 8.03. The van der Waals surface area contributed by atoms with Crippen LogP contribution in [-0.2, 0) is 0 Å². The largest absolute Gasteiger partial charge is 0.368 e. The van der Waals surface area contributed by atoms with Crippen LogP contribution >= 0.6 is 0 Å². The predicted molar refractivity (Wildman–Crippen MR) is 94.0 cm³/mol. The van der Waals surface area contributed by atoms with Gasteiger partial charge >= 0.3 is 0 Å². The molecule has 23 heavy (non-hydrogen) atoms. The van der Waals surface area contributed by atoms with Crippen molar-refractivity contribution in [1.29, 1.82) is 5.26 Å². The Morgan fingerprint density at radius 1 is 1.00 bits per heavy atom. The average molecular weight is 306 g/mol. The number of aromatic nitrogens is 1. The molecule has 1 aliphatic rings. The van der Waals surface area contributed by atoms with E-state index >= 15 is 0 Å². The van der Waals surface area contributed by atoms with Gasteiger partial charge in [0.15, 0.2) is 0 Å². The van der Waals surface area contributed by atoms with E-state index in [-0.39, 0.29) is 0 Å². The first-order chi connectivity index (χ1) is 11.1. The second-order valence-corrected chi connectivity index (χ2v) is 6.20. The molecular formula is C19H22N4. The lowest BCUT2D eigenvalue weighted by molar-refractivity contribution is 0.646. The van der Waals surface area contributed by atoms with Crippen LogP contribution in [0.4, 0.5) is 11.5 Å². The SMILES string of the molecule is Cc1cccc(N2CCN(c3nc(C)cc(C)c3C#N)CC2)c1. The van der Waals surface area contributed by atoms with Gasteiger partial charge in [0.05, 0.1) is 5.56 Å². The van der Waals surface area contributed by atoms with E-state index in [0.717, 1.165) is 43.3 Å². The number of hydrogen-bond donors (Lipinski definition) is 0. The van der Waals surface area contributed by atoms with Gasteiger partial charge in [0.25, 0.3) is 0 Å². The van der Waals surface area contributed by atoms with Crippen LogP contribution in [0.5, 0.6) is 0 Å². The molecule has 3 rings (SSSR count). The average Bonchev–Trinajstić information content (AvgIpc) is 2.54. The zero-order chi connectivity index (χ0) is 16.4. The second-order valence-electron chi connectivity index (χ2n) is 6.20. The zero-order valence-corrected chi connectivity index (χ0v) is 14.0. The second kappa shape index (κ2) is 6.29. The highest BCUT2D eigenvalue weighted by atomic mass is 15.3. The first kappa shape index (κ1) is 15.4. The lowest BCUT2D eigenvalue weighted by Gasteiger charge is -2.37. The molecule has 1 aromatic carbocycles. The fraction of sp³-hybridized carbons (Fsp3) is 0.368. The number of rotatable bonds is 2. The summed E-state index contributed by atoms with van der Waals surface area (Å²) in [5, 5.41) is 9.45. The van der Waals surface area contributed by atoms with Crippen molar-refractivity contribution in [2.75, 3.05) is 36.0 Å². The predicted octanol–water partition coefficient (Wildman–Crippen LogP) is 3.21. The van der Waals surface area contributed by atoms with Gasteiger partial charge in [0.2, 0.25) is 0 Å². The Balaban J connectivity index is 1.79. The molecule has 4 heteroatoms. The van der Waals surface area contributed by atoms with E-state index in [2.05, 4.69) is 52.0 Å². The van der Waals surface area contributed by atoms with Crippen LogP contribution in [-0.4, -0.2) is 31.2 Å². The Morgan fingerprint density at radius 2 is 1.70 bits per heavy atom. The van der Waals surface area contributed by atoms with Gasteiger partial charge in [0, 0.05) is 37.6 Å². The number of piperazine rings is 1. The van der Waals surface area contributed by atoms with Gasteiger partial charge in [-0.15, -0.1) is 0 Å². The van der Waals surface area contributed by atoms with Crippen molar-refractivity contribution in [3.63, 3.8) is 0 Å². The monoisotopic (exact) mass is 306 g/mol. The van der Waals surface area contributed by atoms with E-state index in [1.807, 2.05) is 19.9 Å². The molecule has 0 radical (unpaired) electrons. The van der Waals surface area contributed by atoms with Gasteiger partial charge < -0.3 is 9.80 Å². The van der Waals surface area contributed by atoms with Crippen molar-refractivity contribution in [2.45, 2.75) is 20.8 Å². The Kier molecular flexibility index (Phi) is 4.20. The van der Waals surface area contributed by atoms with Crippen LogP contribution < -0.4 is 9.80 Å². The third kappa shape index (κ3) is 3.14. The van der Waals surface area contributed by atoms with E-state index in [1.165, 1.54) is 11.3 Å². The van der Waals surface area contributed by atoms with Crippen LogP contribution in [0.3, 0.4) is 0 Å². The Bertz CT molecular complexity index is 752. The van der Waals surface area contributed by atoms with Crippen LogP contribution in [0.1, 0.15) is 22.4 Å². The molecule has 0 saturated carbocycles. The molecule has 1 fully saturated rings. The van der Waals surface area contributed by atoms with E-state index < -0.39 is 0 Å². The van der Waals surface area contributed by atoms with Gasteiger partial charge in [0.1, 0.15) is 11.9 Å². The number of benzene rings is 1. The molecule has 0 spiro atoms. The summed E-state index contributed by atoms with van der Waals surface area (Å²) in [5.41, 5.74) is 5.25. The lowest BCUT2D eigenvalue weighted by atomic mass is 10.1. The van der Waals surface area contributed by atoms with E-state index in [1.54, 1.807) is 0 Å². The molecule has 0 unspecified atom stereocenters. The summed E-state index contributed by atoms with van der Waals surface area (Å²) < 4.78 is 0. The molecule has 0 aliphatic carbocycles. The summed E-state index contributed by atoms with van der Waals surface area (Å²) in [5.74, 6) is 0.842. The van der Waals surface area contributed by atoms with Crippen molar-refractivity contribution in [1.82, 2.24) is 4.98 Å². The third-order valence-corrected chi connectivity index (χ3v) is 4.38. The topological polar surface area (TPSA) is 43.2 Å². The van der Waals surface area contributed by atoms with Crippen molar-refractivity contribution >= 4 is 11.5 Å². The summed E-state index contributed by atoms with van der Waals surface area (Å²) in [6.07, 6.45) is 0. The maximum Gasteiger partial charge on any atom is 0.147 e. The maximum absolute atomic E-state index is 9.45. The molecule has 0 bridgehead atoms. The smallest absolute Gasteiger partial charge is 0.147 e. The minimum atomic E-state index is 0.708. The number of nitrogens with zero attached hydrogens (tertiary/aromatic N) is 4. The summed E-state index contributed by atoms with van der Waals surface area (Å²) in [7, 11) is 0. The van der Waals surface area contributed by atoms with Crippen LogP contribution in [0, 0.1) is 32.1 Å². The molecule has 2 heterocycles. The van der Waals surface area contributed by atoms with Crippen LogP contribution in [0.25, 0.3) is 0 Å². The highest BCUT2D eigenvalue weighted by Gasteiger charge is 2.21. The highest BCUT2D eigenvalue weighted by Crippen LogP contribution is 2.24. The minimum Gasteiger partial charge on any atom is -0.368 e. The van der Waals surface area contributed by atoms with Gasteiger partial charge in [-0.2, -0.15) is 5.26 Å². The highest BCUT2D eigenvalue weighted by molar-refractivity contribution is 5.59. The van der Waals surface area contributed by atoms with Gasteiger partial charge in [-0.1, -0.05) is 12.1 Å². The molecule has 1 saturated heterocycles. The molecular weight excluding hydrogens is 284 g/mol. The number of pyridine rings is 1. The van der Waals surface area contributed by atoms with Crippen molar-refractivity contribution < 1.29 is 0 Å². The number of hydrogen-bond acceptors (Lipinski definition) is 4. The van der Waals surface area contributed by atoms with E-state index in [9.17, 15) is 5.26 Å². The van der Waals surface area contributed by atoms with Gasteiger partial charge in [-0.25, -0.2) is 4.98 Å². The number of anilines is 2. The standard InChI is InChI=1S/C19H22N4/c1-14-5-4-6-17(11-14)22-7-9-23(10-8-22)19-18(13-20)15(2)12-16(3)21-19/h4-6,11-12H,7-10H2,1-3H3. The molecule has 2 aromatic rings. The molecule has 4 nitrogen and oxygen atoms in total. The lowest BCUT2D eigenvalue weighted by Crippen LogP contribution is -2.47. The van der Waals surface area contributed by atoms with E-state index in [4.69, 9.17) is 0 Å². The van der Waals surface area contributed by atoms with Crippen molar-refractivity contribution in [2.24, 2.45) is 0 Å². The van der Waals surface area contributed by atoms with Crippen molar-refractivity contribution in [3.8, 4) is 6.07 Å². The fourth-order valence-corrected chi connectivity index (χ4v) is 3.19. The summed E-state index contributed by atoms with van der Waals surface area (Å²) in [4.78, 5) is 9.27. The maximum atomic E-state index is 9.45. The molecule has 0 N–H and O–H groups in total. The van der Waals surface area contributed by atoms with Gasteiger partial charge in [-0.05, 0) is 50.1 Å². The Hall–Kier alpha value is -2.54. The summed E-state index contributed by atoms with van der Waals surface area (Å²) >= 11 is 0. The van der Waals surface area contributed by atoms with E-state index in [0.29, 0.717) is 5.56 Å². The molecule has 0 amide bonds. The first-order valence-corrected chi connectivity index (χ1v) is 8.03. The number of aryl methyl sites for hydroxylation is 3. The normalized spacial score (nSPS) is 14.7. The molecule has 1 aliphatic heterocycles. The Labute approximate surface area is 138 Å². The Morgan fingerprint density at radius 3 is 2.35 bits per heavy atom. The van der Waals surface area contributed by atoms with Crippen LogP contribution in [0.15, 0.2) is 30.3 Å². The fourth-order valence-electron chi connectivity index (χ4n) is 3.19. The number of nitriles is 1. The third-order valence-electron chi connectivity index (χ3n) is 4.38. The minimum absolute atomic E-state index is 0.708. The molecule has 0 atom stereocenters. The zero-order valence-electron chi connectivity index (χ0n) is 14.0.